The van der Waals surface area contributed by atoms with E-state index >= 15 is 0 Å². The Morgan fingerprint density at radius 2 is 2.04 bits per heavy atom. The third-order valence-corrected chi connectivity index (χ3v) is 6.08. The second-order valence-electron chi connectivity index (χ2n) is 7.35. The number of hydrogen-bond donors (Lipinski definition) is 1. The van der Waals surface area contributed by atoms with Gasteiger partial charge in [-0.2, -0.15) is 0 Å². The molecule has 0 saturated heterocycles. The lowest BCUT2D eigenvalue weighted by molar-refractivity contribution is -0.114. The third kappa shape index (κ3) is 3.16. The van der Waals surface area contributed by atoms with Gasteiger partial charge < -0.3 is 14.3 Å². The Kier molecular flexibility index (Phi) is 4.63. The third-order valence-electron chi connectivity index (χ3n) is 5.13. The molecule has 0 aliphatic carbocycles. The number of carbonyl (C=O) groups is 1. The minimum atomic E-state index is -0.336. The molecule has 144 valence electrons. The molecular formula is C21H22N4O2S. The fourth-order valence-electron chi connectivity index (χ4n) is 3.55. The highest BCUT2D eigenvalue weighted by Gasteiger charge is 2.38. The molecule has 1 N–H and O–H groups in total. The van der Waals surface area contributed by atoms with Crippen molar-refractivity contribution in [2.24, 2.45) is 0 Å². The summed E-state index contributed by atoms with van der Waals surface area (Å²) in [7, 11) is 2.01. The molecule has 2 aromatic heterocycles. The van der Waals surface area contributed by atoms with Gasteiger partial charge in [-0.25, -0.2) is 0 Å². The Hall–Kier alpha value is -2.80. The molecule has 4 rings (SSSR count). The van der Waals surface area contributed by atoms with Gasteiger partial charge in [0.25, 0.3) is 11.1 Å². The molecule has 1 unspecified atom stereocenters. The van der Waals surface area contributed by atoms with E-state index in [1.165, 1.54) is 17.3 Å². The summed E-state index contributed by atoms with van der Waals surface area (Å²) in [5, 5.41) is 8.12. The molecule has 0 fully saturated rings. The van der Waals surface area contributed by atoms with Gasteiger partial charge in [0.15, 0.2) is 5.78 Å². The van der Waals surface area contributed by atoms with Gasteiger partial charge in [-0.15, -0.1) is 10.2 Å². The van der Waals surface area contributed by atoms with E-state index in [1.807, 2.05) is 38.2 Å². The second kappa shape index (κ2) is 6.98. The summed E-state index contributed by atoms with van der Waals surface area (Å²) in [4.78, 5) is 18.0. The highest BCUT2D eigenvalue weighted by molar-refractivity contribution is 8.00. The average molecular weight is 395 g/mol. The molecular weight excluding hydrogens is 372 g/mol. The largest absolute Gasteiger partial charge is 0.410 e. The maximum absolute atomic E-state index is 12.9. The lowest BCUT2D eigenvalue weighted by atomic mass is 9.83. The molecule has 0 bridgehead atoms. The lowest BCUT2D eigenvalue weighted by Gasteiger charge is -2.24. The highest BCUT2D eigenvalue weighted by Crippen LogP contribution is 2.46. The molecule has 0 radical (unpaired) electrons. The molecule has 0 amide bonds. The van der Waals surface area contributed by atoms with E-state index in [2.05, 4.69) is 46.1 Å². The normalized spacial score (nSPS) is 17.7. The standard InChI is InChI=1S/C21H22N4O2S/c1-13(28-20-24-23-19(27-20)15-9-7-11-22-15)17(26)12-18-21(2,3)14-8-5-6-10-16(14)25(18)4/h5-13,22H,1-4H3/b18-12-. The number of aromatic amines is 1. The number of fused-ring (bicyclic) bond motifs is 1. The van der Waals surface area contributed by atoms with Crippen LogP contribution in [0.25, 0.3) is 11.6 Å². The topological polar surface area (TPSA) is 75.0 Å². The van der Waals surface area contributed by atoms with E-state index in [0.717, 1.165) is 17.1 Å². The predicted octanol–water partition coefficient (Wildman–Crippen LogP) is 4.43. The van der Waals surface area contributed by atoms with E-state index < -0.39 is 0 Å². The Balaban J connectivity index is 1.52. The molecule has 3 aromatic rings. The van der Waals surface area contributed by atoms with Crippen molar-refractivity contribution < 1.29 is 9.21 Å². The van der Waals surface area contributed by atoms with Crippen LogP contribution in [0, 0.1) is 0 Å². The van der Waals surface area contributed by atoms with Crippen LogP contribution < -0.4 is 4.90 Å². The first kappa shape index (κ1) is 18.6. The number of carbonyl (C=O) groups excluding carboxylic acids is 1. The molecule has 1 atom stereocenters. The number of nitrogens with one attached hydrogen (secondary N) is 1. The van der Waals surface area contributed by atoms with Crippen molar-refractivity contribution in [2.75, 3.05) is 11.9 Å². The molecule has 0 spiro atoms. The minimum Gasteiger partial charge on any atom is -0.410 e. The van der Waals surface area contributed by atoms with Crippen LogP contribution in [-0.2, 0) is 10.2 Å². The molecule has 6 nitrogen and oxygen atoms in total. The Bertz CT molecular complexity index is 1040. The summed E-state index contributed by atoms with van der Waals surface area (Å²) in [5.41, 5.74) is 3.89. The summed E-state index contributed by atoms with van der Waals surface area (Å²) < 4.78 is 5.66. The van der Waals surface area contributed by atoms with Crippen LogP contribution in [0.5, 0.6) is 0 Å². The smallest absolute Gasteiger partial charge is 0.277 e. The number of hydrogen-bond acceptors (Lipinski definition) is 6. The van der Waals surface area contributed by atoms with Crippen LogP contribution in [-0.4, -0.2) is 33.3 Å². The molecule has 28 heavy (non-hydrogen) atoms. The number of H-pyrrole nitrogens is 1. The molecule has 3 heterocycles. The van der Waals surface area contributed by atoms with Gasteiger partial charge in [0.05, 0.1) is 5.25 Å². The number of ketones is 1. The van der Waals surface area contributed by atoms with E-state index in [9.17, 15) is 4.79 Å². The van der Waals surface area contributed by atoms with Gasteiger partial charge in [0.1, 0.15) is 5.69 Å². The molecule has 1 aliphatic rings. The van der Waals surface area contributed by atoms with Crippen molar-refractivity contribution in [3.8, 4) is 11.6 Å². The minimum absolute atomic E-state index is 0.0207. The number of thioether (sulfide) groups is 1. The first-order valence-electron chi connectivity index (χ1n) is 9.11. The number of benzene rings is 1. The Labute approximate surface area is 168 Å². The predicted molar refractivity (Wildman–Crippen MR) is 110 cm³/mol. The number of para-hydroxylation sites is 1. The van der Waals surface area contributed by atoms with Crippen LogP contribution in [0.2, 0.25) is 0 Å². The summed E-state index contributed by atoms with van der Waals surface area (Å²) in [6, 6.07) is 12.0. The van der Waals surface area contributed by atoms with Crippen LogP contribution in [0.15, 0.2) is 64.0 Å². The lowest BCUT2D eigenvalue weighted by Crippen LogP contribution is -2.25. The monoisotopic (exact) mass is 394 g/mol. The zero-order valence-corrected chi connectivity index (χ0v) is 17.1. The number of nitrogens with zero attached hydrogens (tertiary/aromatic N) is 3. The average Bonchev–Trinajstić information content (AvgIpc) is 3.39. The van der Waals surface area contributed by atoms with Crippen molar-refractivity contribution in [3.05, 3.63) is 59.9 Å². The number of aromatic nitrogens is 3. The highest BCUT2D eigenvalue weighted by atomic mass is 32.2. The van der Waals surface area contributed by atoms with Gasteiger partial charge in [0.2, 0.25) is 0 Å². The van der Waals surface area contributed by atoms with Gasteiger partial charge in [-0.05, 0) is 30.7 Å². The van der Waals surface area contributed by atoms with E-state index in [1.54, 1.807) is 12.3 Å². The van der Waals surface area contributed by atoms with Crippen LogP contribution in [0.3, 0.4) is 0 Å². The number of allylic oxidation sites excluding steroid dienone is 2. The zero-order chi connectivity index (χ0) is 19.9. The maximum atomic E-state index is 12.9. The number of anilines is 1. The first-order valence-corrected chi connectivity index (χ1v) is 9.99. The molecule has 0 saturated carbocycles. The summed E-state index contributed by atoms with van der Waals surface area (Å²) in [6.45, 7) is 6.15. The SMILES string of the molecule is CC(Sc1nnc(-c2ccc[nH]2)o1)C(=O)/C=C1\N(C)c2ccccc2C1(C)C. The van der Waals surface area contributed by atoms with Gasteiger partial charge in [-0.1, -0.05) is 43.8 Å². The number of rotatable bonds is 5. The van der Waals surface area contributed by atoms with E-state index in [-0.39, 0.29) is 16.4 Å². The molecule has 1 aliphatic heterocycles. The van der Waals surface area contributed by atoms with Crippen molar-refractivity contribution in [1.29, 1.82) is 0 Å². The van der Waals surface area contributed by atoms with Crippen LogP contribution in [0.4, 0.5) is 5.69 Å². The van der Waals surface area contributed by atoms with Crippen molar-refractivity contribution in [3.63, 3.8) is 0 Å². The summed E-state index contributed by atoms with van der Waals surface area (Å²) in [5.74, 6) is 0.435. The fourth-order valence-corrected chi connectivity index (χ4v) is 4.25. The van der Waals surface area contributed by atoms with Gasteiger partial charge in [-0.3, -0.25) is 4.79 Å². The van der Waals surface area contributed by atoms with Crippen LogP contribution in [0.1, 0.15) is 26.3 Å². The first-order chi connectivity index (χ1) is 13.4. The Morgan fingerprint density at radius 3 is 2.75 bits per heavy atom. The fraction of sp³-hybridized carbons (Fsp3) is 0.286. The van der Waals surface area contributed by atoms with Gasteiger partial charge >= 0.3 is 0 Å². The molecule has 7 heteroatoms. The van der Waals surface area contributed by atoms with Crippen molar-refractivity contribution in [2.45, 2.75) is 36.7 Å². The quantitative estimate of drug-likeness (QED) is 0.510. The maximum Gasteiger partial charge on any atom is 0.277 e. The van der Waals surface area contributed by atoms with Crippen LogP contribution >= 0.6 is 11.8 Å². The summed E-state index contributed by atoms with van der Waals surface area (Å²) in [6.07, 6.45) is 3.54. The number of likely N-dealkylation sites (N-methyl/N-ethyl adjacent to an activating group) is 1. The van der Waals surface area contributed by atoms with E-state index in [0.29, 0.717) is 11.1 Å². The van der Waals surface area contributed by atoms with Gasteiger partial charge in [0, 0.05) is 36.1 Å². The summed E-state index contributed by atoms with van der Waals surface area (Å²) >= 11 is 1.27. The zero-order valence-electron chi connectivity index (χ0n) is 16.3. The Morgan fingerprint density at radius 1 is 1.25 bits per heavy atom. The van der Waals surface area contributed by atoms with Crippen molar-refractivity contribution in [1.82, 2.24) is 15.2 Å². The molecule has 1 aromatic carbocycles. The van der Waals surface area contributed by atoms with Crippen molar-refractivity contribution >= 4 is 23.2 Å². The van der Waals surface area contributed by atoms with E-state index in [4.69, 9.17) is 4.42 Å². The second-order valence-corrected chi connectivity index (χ2v) is 8.64.